The molecule has 0 N–H and O–H groups in total. The Hall–Kier alpha value is -3.80. The number of anilines is 1. The molecule has 2 aromatic heterocycles. The van der Waals surface area contributed by atoms with Crippen molar-refractivity contribution in [2.75, 3.05) is 4.90 Å². The maximum Gasteiger partial charge on any atom is 0.297 e. The minimum atomic E-state index is -0.647. The molecule has 6 nitrogen and oxygen atoms in total. The third-order valence-electron chi connectivity index (χ3n) is 5.25. The number of nitrogens with zero attached hydrogens (tertiary/aromatic N) is 3. The van der Waals surface area contributed by atoms with Gasteiger partial charge in [-0.2, -0.15) is 0 Å². The van der Waals surface area contributed by atoms with Crippen LogP contribution in [0.25, 0.3) is 11.0 Å². The summed E-state index contributed by atoms with van der Waals surface area (Å²) < 4.78 is 5.90. The highest BCUT2D eigenvalue weighted by Gasteiger charge is 2.44. The van der Waals surface area contributed by atoms with Crippen molar-refractivity contribution in [3.8, 4) is 0 Å². The number of aromatic nitrogens is 2. The van der Waals surface area contributed by atoms with Gasteiger partial charge in [-0.25, -0.2) is 9.97 Å². The Balaban J connectivity index is 1.80. The molecule has 0 aliphatic carbocycles. The summed E-state index contributed by atoms with van der Waals surface area (Å²) in [5.41, 5.74) is 2.49. The van der Waals surface area contributed by atoms with Crippen molar-refractivity contribution in [1.82, 2.24) is 9.97 Å². The molecule has 0 fully saturated rings. The quantitative estimate of drug-likeness (QED) is 0.536. The van der Waals surface area contributed by atoms with Crippen molar-refractivity contribution in [3.05, 3.63) is 99.7 Å². The largest absolute Gasteiger partial charge is 0.450 e. The molecular formula is C23H17N3O3. The van der Waals surface area contributed by atoms with Gasteiger partial charge in [-0.3, -0.25) is 14.5 Å². The van der Waals surface area contributed by atoms with E-state index < -0.39 is 11.9 Å². The van der Waals surface area contributed by atoms with Crippen molar-refractivity contribution >= 4 is 22.8 Å². The predicted molar refractivity (Wildman–Crippen MR) is 109 cm³/mol. The van der Waals surface area contributed by atoms with Crippen LogP contribution in [0.15, 0.2) is 76.2 Å². The number of fused-ring (bicyclic) bond motifs is 2. The van der Waals surface area contributed by atoms with Gasteiger partial charge in [0.2, 0.25) is 11.7 Å². The molecule has 4 aromatic rings. The molecule has 0 saturated heterocycles. The van der Waals surface area contributed by atoms with Crippen LogP contribution in [0.4, 0.5) is 5.95 Å². The second-order valence-corrected chi connectivity index (χ2v) is 6.89. The van der Waals surface area contributed by atoms with Crippen molar-refractivity contribution in [3.63, 3.8) is 0 Å². The molecule has 1 unspecified atom stereocenters. The SMILES string of the molecule is CCc1ccc(C2c3c(oc4ccccc4c3=O)C(=O)N2c2ncccn2)cc1. The first-order valence-electron chi connectivity index (χ1n) is 9.44. The summed E-state index contributed by atoms with van der Waals surface area (Å²) in [5.74, 6) is -0.138. The van der Waals surface area contributed by atoms with E-state index in [1.54, 1.807) is 42.7 Å². The van der Waals surface area contributed by atoms with Gasteiger partial charge in [-0.05, 0) is 35.7 Å². The Morgan fingerprint density at radius 1 is 0.966 bits per heavy atom. The van der Waals surface area contributed by atoms with Crippen LogP contribution in [-0.2, 0) is 6.42 Å². The fourth-order valence-electron chi connectivity index (χ4n) is 3.79. The van der Waals surface area contributed by atoms with Gasteiger partial charge in [-0.1, -0.05) is 43.3 Å². The molecular weight excluding hydrogens is 366 g/mol. The van der Waals surface area contributed by atoms with Crippen molar-refractivity contribution in [1.29, 1.82) is 0 Å². The van der Waals surface area contributed by atoms with Gasteiger partial charge in [0.1, 0.15) is 5.58 Å². The van der Waals surface area contributed by atoms with Crippen molar-refractivity contribution in [2.45, 2.75) is 19.4 Å². The molecule has 2 aromatic carbocycles. The number of amides is 1. The zero-order valence-corrected chi connectivity index (χ0v) is 15.7. The Morgan fingerprint density at radius 2 is 1.69 bits per heavy atom. The Morgan fingerprint density at radius 3 is 2.41 bits per heavy atom. The summed E-state index contributed by atoms with van der Waals surface area (Å²) in [4.78, 5) is 36.6. The predicted octanol–water partition coefficient (Wildman–Crippen LogP) is 3.90. The lowest BCUT2D eigenvalue weighted by Crippen LogP contribution is -2.31. The minimum Gasteiger partial charge on any atom is -0.450 e. The van der Waals surface area contributed by atoms with Crippen LogP contribution in [0, 0.1) is 0 Å². The van der Waals surface area contributed by atoms with E-state index in [1.165, 1.54) is 10.5 Å². The topological polar surface area (TPSA) is 76.3 Å². The van der Waals surface area contributed by atoms with Gasteiger partial charge < -0.3 is 4.42 Å². The fraction of sp³-hybridized carbons (Fsp3) is 0.130. The van der Waals surface area contributed by atoms with E-state index in [1.807, 2.05) is 24.3 Å². The smallest absolute Gasteiger partial charge is 0.297 e. The Bertz CT molecular complexity index is 1280. The summed E-state index contributed by atoms with van der Waals surface area (Å²) in [6.45, 7) is 2.08. The number of hydrogen-bond acceptors (Lipinski definition) is 5. The molecule has 0 saturated carbocycles. The first kappa shape index (κ1) is 17.3. The second kappa shape index (κ2) is 6.67. The third-order valence-corrected chi connectivity index (χ3v) is 5.25. The molecule has 0 radical (unpaired) electrons. The number of para-hydroxylation sites is 1. The van der Waals surface area contributed by atoms with Crippen LogP contribution in [0.1, 0.15) is 40.2 Å². The van der Waals surface area contributed by atoms with E-state index in [0.717, 1.165) is 12.0 Å². The normalized spacial score (nSPS) is 15.7. The van der Waals surface area contributed by atoms with Gasteiger partial charge in [0, 0.05) is 12.4 Å². The molecule has 1 aliphatic rings. The highest BCUT2D eigenvalue weighted by molar-refractivity contribution is 6.09. The zero-order valence-electron chi connectivity index (χ0n) is 15.7. The van der Waals surface area contributed by atoms with Crippen LogP contribution in [0.5, 0.6) is 0 Å². The van der Waals surface area contributed by atoms with Crippen LogP contribution in [-0.4, -0.2) is 15.9 Å². The number of benzene rings is 2. The maximum atomic E-state index is 13.4. The van der Waals surface area contributed by atoms with Crippen molar-refractivity contribution < 1.29 is 9.21 Å². The van der Waals surface area contributed by atoms with E-state index in [0.29, 0.717) is 16.5 Å². The van der Waals surface area contributed by atoms with Gasteiger partial charge in [0.05, 0.1) is 17.0 Å². The van der Waals surface area contributed by atoms with Crippen molar-refractivity contribution in [2.24, 2.45) is 0 Å². The maximum absolute atomic E-state index is 13.4. The number of aryl methyl sites for hydroxylation is 1. The summed E-state index contributed by atoms with van der Waals surface area (Å²) in [5, 5.41) is 0.449. The zero-order chi connectivity index (χ0) is 20.0. The average molecular weight is 383 g/mol. The van der Waals surface area contributed by atoms with Gasteiger partial charge in [0.15, 0.2) is 5.43 Å². The summed E-state index contributed by atoms with van der Waals surface area (Å²) in [7, 11) is 0. The number of hydrogen-bond donors (Lipinski definition) is 0. The van der Waals surface area contributed by atoms with Crippen LogP contribution >= 0.6 is 0 Å². The Labute approximate surface area is 166 Å². The highest BCUT2D eigenvalue weighted by atomic mass is 16.3. The van der Waals surface area contributed by atoms with Crippen LogP contribution < -0.4 is 10.3 Å². The second-order valence-electron chi connectivity index (χ2n) is 6.89. The van der Waals surface area contributed by atoms with Gasteiger partial charge >= 0.3 is 0 Å². The Kier molecular flexibility index (Phi) is 3.98. The monoisotopic (exact) mass is 383 g/mol. The molecule has 142 valence electrons. The lowest BCUT2D eigenvalue weighted by molar-refractivity contribution is 0.0969. The summed E-state index contributed by atoms with van der Waals surface area (Å²) >= 11 is 0. The fourth-order valence-corrected chi connectivity index (χ4v) is 3.79. The average Bonchev–Trinajstić information content (AvgIpc) is 3.07. The minimum absolute atomic E-state index is 0.0470. The van der Waals surface area contributed by atoms with E-state index in [2.05, 4.69) is 16.9 Å². The number of carbonyl (C=O) groups excluding carboxylic acids is 1. The molecule has 6 heteroatoms. The van der Waals surface area contributed by atoms with Gasteiger partial charge in [0.25, 0.3) is 5.91 Å². The highest BCUT2D eigenvalue weighted by Crippen LogP contribution is 2.39. The van der Waals surface area contributed by atoms with E-state index in [-0.39, 0.29) is 17.1 Å². The van der Waals surface area contributed by atoms with Crippen LogP contribution in [0.2, 0.25) is 0 Å². The molecule has 1 amide bonds. The summed E-state index contributed by atoms with van der Waals surface area (Å²) in [6.07, 6.45) is 4.04. The van der Waals surface area contributed by atoms with Gasteiger partial charge in [-0.15, -0.1) is 0 Å². The first-order chi connectivity index (χ1) is 14.2. The third kappa shape index (κ3) is 2.64. The molecule has 0 spiro atoms. The molecule has 1 aliphatic heterocycles. The lowest BCUT2D eigenvalue weighted by Gasteiger charge is -2.23. The van der Waals surface area contributed by atoms with E-state index in [9.17, 15) is 9.59 Å². The van der Waals surface area contributed by atoms with Crippen LogP contribution in [0.3, 0.4) is 0 Å². The standard InChI is InChI=1S/C23H17N3O3/c1-2-14-8-10-15(11-9-14)19-18-20(27)16-6-3-4-7-17(16)29-21(18)22(28)26(19)23-24-12-5-13-25-23/h3-13,19H,2H2,1H3. The van der Waals surface area contributed by atoms with E-state index in [4.69, 9.17) is 4.42 Å². The first-order valence-corrected chi connectivity index (χ1v) is 9.44. The van der Waals surface area contributed by atoms with E-state index >= 15 is 0 Å². The molecule has 3 heterocycles. The number of carbonyl (C=O) groups is 1. The molecule has 0 bridgehead atoms. The molecule has 5 rings (SSSR count). The molecule has 1 atom stereocenters. The molecule has 29 heavy (non-hydrogen) atoms. The summed E-state index contributed by atoms with van der Waals surface area (Å²) in [6, 6.07) is 15.9. The lowest BCUT2D eigenvalue weighted by atomic mass is 9.97. The number of rotatable bonds is 3.